The van der Waals surface area contributed by atoms with Crippen LogP contribution >= 0.6 is 0 Å². The van der Waals surface area contributed by atoms with Crippen LogP contribution in [0.25, 0.3) is 11.3 Å². The van der Waals surface area contributed by atoms with Gasteiger partial charge in [0.05, 0.1) is 0 Å². The molecule has 2 aromatic rings. The summed E-state index contributed by atoms with van der Waals surface area (Å²) in [5, 5.41) is 4.13. The lowest BCUT2D eigenvalue weighted by atomic mass is 10.1. The summed E-state index contributed by atoms with van der Waals surface area (Å²) in [5.74, 6) is 0. The van der Waals surface area contributed by atoms with Gasteiger partial charge < -0.3 is 9.42 Å². The Labute approximate surface area is 102 Å². The van der Waals surface area contributed by atoms with Crippen molar-refractivity contribution in [1.29, 1.82) is 0 Å². The van der Waals surface area contributed by atoms with Crippen LogP contribution in [-0.2, 0) is 0 Å². The summed E-state index contributed by atoms with van der Waals surface area (Å²) in [6, 6.07) is 8.33. The van der Waals surface area contributed by atoms with Crippen LogP contribution < -0.4 is 4.90 Å². The summed E-state index contributed by atoms with van der Waals surface area (Å²) in [6.45, 7) is 8.26. The SMILES string of the molecule is CCN(CC)c1conc1-c1cccc(C)c1. The van der Waals surface area contributed by atoms with Gasteiger partial charge >= 0.3 is 0 Å². The zero-order valence-corrected chi connectivity index (χ0v) is 10.6. The molecule has 0 saturated carbocycles. The van der Waals surface area contributed by atoms with E-state index in [0.717, 1.165) is 30.0 Å². The predicted molar refractivity (Wildman–Crippen MR) is 70.2 cm³/mol. The quantitative estimate of drug-likeness (QED) is 0.805. The van der Waals surface area contributed by atoms with Crippen LogP contribution in [-0.4, -0.2) is 18.2 Å². The molecule has 0 radical (unpaired) electrons. The molecule has 0 aliphatic rings. The highest BCUT2D eigenvalue weighted by atomic mass is 16.5. The van der Waals surface area contributed by atoms with E-state index >= 15 is 0 Å². The van der Waals surface area contributed by atoms with Crippen LogP contribution in [0.3, 0.4) is 0 Å². The first-order valence-electron chi connectivity index (χ1n) is 6.02. The number of aryl methyl sites for hydroxylation is 1. The Hall–Kier alpha value is -1.77. The zero-order valence-electron chi connectivity index (χ0n) is 10.6. The Kier molecular flexibility index (Phi) is 3.47. The molecule has 0 aliphatic carbocycles. The molecule has 1 aromatic carbocycles. The summed E-state index contributed by atoms with van der Waals surface area (Å²) in [4.78, 5) is 2.24. The van der Waals surface area contributed by atoms with Crippen LogP contribution in [0.1, 0.15) is 19.4 Å². The van der Waals surface area contributed by atoms with E-state index in [-0.39, 0.29) is 0 Å². The Bertz CT molecular complexity index is 486. The number of hydrogen-bond donors (Lipinski definition) is 0. The molecule has 3 heteroatoms. The van der Waals surface area contributed by atoms with Crippen molar-refractivity contribution in [3.05, 3.63) is 36.1 Å². The third kappa shape index (κ3) is 2.33. The van der Waals surface area contributed by atoms with Gasteiger partial charge in [-0.2, -0.15) is 0 Å². The summed E-state index contributed by atoms with van der Waals surface area (Å²) in [5.41, 5.74) is 4.34. The third-order valence-electron chi connectivity index (χ3n) is 2.95. The van der Waals surface area contributed by atoms with E-state index in [1.165, 1.54) is 5.56 Å². The van der Waals surface area contributed by atoms with Crippen molar-refractivity contribution in [3.63, 3.8) is 0 Å². The predicted octanol–water partition coefficient (Wildman–Crippen LogP) is 3.50. The monoisotopic (exact) mass is 230 g/mol. The van der Waals surface area contributed by atoms with E-state index in [4.69, 9.17) is 4.52 Å². The average Bonchev–Trinajstić information content (AvgIpc) is 2.80. The zero-order chi connectivity index (χ0) is 12.3. The summed E-state index contributed by atoms with van der Waals surface area (Å²) in [6.07, 6.45) is 1.73. The minimum absolute atomic E-state index is 0.928. The van der Waals surface area contributed by atoms with Crippen LogP contribution in [0.4, 0.5) is 5.69 Å². The largest absolute Gasteiger partial charge is 0.368 e. The lowest BCUT2D eigenvalue weighted by Gasteiger charge is -2.19. The van der Waals surface area contributed by atoms with E-state index in [9.17, 15) is 0 Å². The van der Waals surface area contributed by atoms with Gasteiger partial charge in [-0.25, -0.2) is 0 Å². The molecular formula is C14H18N2O. The van der Waals surface area contributed by atoms with E-state index in [1.807, 2.05) is 6.07 Å². The van der Waals surface area contributed by atoms with Crippen LogP contribution in [0.2, 0.25) is 0 Å². The first-order valence-corrected chi connectivity index (χ1v) is 6.02. The summed E-state index contributed by atoms with van der Waals surface area (Å²) in [7, 11) is 0. The topological polar surface area (TPSA) is 29.3 Å². The van der Waals surface area contributed by atoms with E-state index in [1.54, 1.807) is 6.26 Å². The van der Waals surface area contributed by atoms with Gasteiger partial charge in [0, 0.05) is 18.7 Å². The fourth-order valence-electron chi connectivity index (χ4n) is 2.01. The molecule has 0 unspecified atom stereocenters. The number of benzene rings is 1. The molecule has 0 aliphatic heterocycles. The van der Waals surface area contributed by atoms with Gasteiger partial charge in [-0.3, -0.25) is 0 Å². The summed E-state index contributed by atoms with van der Waals surface area (Å²) >= 11 is 0. The lowest BCUT2D eigenvalue weighted by molar-refractivity contribution is 0.422. The number of aromatic nitrogens is 1. The van der Waals surface area contributed by atoms with Crippen LogP contribution in [0.5, 0.6) is 0 Å². The van der Waals surface area contributed by atoms with Crippen LogP contribution in [0, 0.1) is 6.92 Å². The van der Waals surface area contributed by atoms with Gasteiger partial charge in [-0.05, 0) is 26.8 Å². The number of nitrogens with zero attached hydrogens (tertiary/aromatic N) is 2. The Morgan fingerprint density at radius 2 is 2.00 bits per heavy atom. The molecule has 0 bridgehead atoms. The molecule has 0 atom stereocenters. The van der Waals surface area contributed by atoms with Gasteiger partial charge in [0.25, 0.3) is 0 Å². The Morgan fingerprint density at radius 1 is 1.24 bits per heavy atom. The second kappa shape index (κ2) is 5.04. The highest BCUT2D eigenvalue weighted by Crippen LogP contribution is 2.29. The second-order valence-electron chi connectivity index (χ2n) is 4.09. The van der Waals surface area contributed by atoms with Crippen molar-refractivity contribution in [1.82, 2.24) is 5.16 Å². The molecule has 0 amide bonds. The Balaban J connectivity index is 2.43. The highest BCUT2D eigenvalue weighted by molar-refractivity contribution is 5.74. The Morgan fingerprint density at radius 3 is 2.65 bits per heavy atom. The number of anilines is 1. The van der Waals surface area contributed by atoms with Crippen molar-refractivity contribution in [3.8, 4) is 11.3 Å². The first kappa shape index (κ1) is 11.7. The maximum Gasteiger partial charge on any atom is 0.147 e. The fraction of sp³-hybridized carbons (Fsp3) is 0.357. The van der Waals surface area contributed by atoms with E-state index < -0.39 is 0 Å². The average molecular weight is 230 g/mol. The minimum atomic E-state index is 0.928. The number of rotatable bonds is 4. The maximum atomic E-state index is 5.13. The fourth-order valence-corrected chi connectivity index (χ4v) is 2.01. The standard InChI is InChI=1S/C14H18N2O/c1-4-16(5-2)13-10-17-15-14(13)12-8-6-7-11(3)9-12/h6-10H,4-5H2,1-3H3. The molecule has 0 N–H and O–H groups in total. The first-order chi connectivity index (χ1) is 8.26. The van der Waals surface area contributed by atoms with Gasteiger partial charge in [0.2, 0.25) is 0 Å². The van der Waals surface area contributed by atoms with Gasteiger partial charge in [-0.15, -0.1) is 0 Å². The van der Waals surface area contributed by atoms with Gasteiger partial charge in [0.1, 0.15) is 17.6 Å². The molecule has 17 heavy (non-hydrogen) atoms. The van der Waals surface area contributed by atoms with Crippen molar-refractivity contribution in [2.75, 3.05) is 18.0 Å². The highest BCUT2D eigenvalue weighted by Gasteiger charge is 2.14. The van der Waals surface area contributed by atoms with Crippen molar-refractivity contribution < 1.29 is 4.52 Å². The van der Waals surface area contributed by atoms with Gasteiger partial charge in [-0.1, -0.05) is 28.9 Å². The molecule has 1 aromatic heterocycles. The van der Waals surface area contributed by atoms with E-state index in [2.05, 4.69) is 49.0 Å². The number of hydrogen-bond acceptors (Lipinski definition) is 3. The molecular weight excluding hydrogens is 212 g/mol. The molecule has 3 nitrogen and oxygen atoms in total. The van der Waals surface area contributed by atoms with Crippen molar-refractivity contribution >= 4 is 5.69 Å². The molecule has 90 valence electrons. The summed E-state index contributed by atoms with van der Waals surface area (Å²) < 4.78 is 5.13. The molecule has 2 rings (SSSR count). The third-order valence-corrected chi connectivity index (χ3v) is 2.95. The molecule has 1 heterocycles. The second-order valence-corrected chi connectivity index (χ2v) is 4.09. The molecule has 0 fully saturated rings. The smallest absolute Gasteiger partial charge is 0.147 e. The minimum Gasteiger partial charge on any atom is -0.368 e. The van der Waals surface area contributed by atoms with Gasteiger partial charge in [0.15, 0.2) is 0 Å². The van der Waals surface area contributed by atoms with Crippen molar-refractivity contribution in [2.45, 2.75) is 20.8 Å². The molecule has 0 saturated heterocycles. The van der Waals surface area contributed by atoms with Crippen LogP contribution in [0.15, 0.2) is 35.1 Å². The normalized spacial score (nSPS) is 10.5. The lowest BCUT2D eigenvalue weighted by Crippen LogP contribution is -2.21. The van der Waals surface area contributed by atoms with Crippen molar-refractivity contribution in [2.24, 2.45) is 0 Å². The molecule has 0 spiro atoms. The van der Waals surface area contributed by atoms with E-state index in [0.29, 0.717) is 0 Å². The maximum absolute atomic E-state index is 5.13.